The van der Waals surface area contributed by atoms with Crippen LogP contribution >= 0.6 is 0 Å². The fourth-order valence-corrected chi connectivity index (χ4v) is 2.25. The molecule has 3 aromatic rings. The Hall–Kier alpha value is -3.08. The summed E-state index contributed by atoms with van der Waals surface area (Å²) in [4.78, 5) is 24.3. The molecule has 3 rings (SSSR count). The molecule has 0 bridgehead atoms. The van der Waals surface area contributed by atoms with E-state index in [1.165, 1.54) is 13.4 Å². The number of hydrogen-bond acceptors (Lipinski definition) is 5. The summed E-state index contributed by atoms with van der Waals surface area (Å²) in [6.07, 6.45) is 6.47. The Labute approximate surface area is 127 Å². The molecule has 2 heterocycles. The van der Waals surface area contributed by atoms with Crippen LogP contribution in [0.2, 0.25) is 0 Å². The third-order valence-corrected chi connectivity index (χ3v) is 3.37. The largest absolute Gasteiger partial charge is 0.465 e. The number of ether oxygens (including phenoxy) is 1. The van der Waals surface area contributed by atoms with Crippen LogP contribution in [-0.4, -0.2) is 28.0 Å². The number of pyridine rings is 1. The van der Waals surface area contributed by atoms with E-state index in [1.807, 2.05) is 18.2 Å². The van der Waals surface area contributed by atoms with Crippen molar-refractivity contribution in [2.45, 2.75) is 0 Å². The van der Waals surface area contributed by atoms with Crippen molar-refractivity contribution in [1.82, 2.24) is 15.0 Å². The van der Waals surface area contributed by atoms with E-state index < -0.39 is 5.97 Å². The lowest BCUT2D eigenvalue weighted by Gasteiger charge is -2.10. The molecule has 2 aromatic heterocycles. The van der Waals surface area contributed by atoms with Crippen LogP contribution < -0.4 is 0 Å². The molecule has 0 aliphatic heterocycles. The second-order valence-electron chi connectivity index (χ2n) is 4.70. The van der Waals surface area contributed by atoms with Crippen LogP contribution in [0.5, 0.6) is 0 Å². The van der Waals surface area contributed by atoms with Gasteiger partial charge < -0.3 is 4.74 Å². The molecule has 0 aliphatic rings. The lowest BCUT2D eigenvalue weighted by atomic mass is 9.97. The van der Waals surface area contributed by atoms with Crippen LogP contribution in [0.1, 0.15) is 21.5 Å². The number of carbonyl (C=O) groups is 1. The third-order valence-electron chi connectivity index (χ3n) is 3.37. The molecule has 1 aromatic carbocycles. The summed E-state index contributed by atoms with van der Waals surface area (Å²) >= 11 is 0. The van der Waals surface area contributed by atoms with Crippen LogP contribution in [0, 0.1) is 0 Å². The zero-order valence-corrected chi connectivity index (χ0v) is 12.0. The van der Waals surface area contributed by atoms with Crippen molar-refractivity contribution in [2.75, 3.05) is 7.11 Å². The van der Waals surface area contributed by atoms with Gasteiger partial charge in [-0.3, -0.25) is 4.98 Å². The highest BCUT2D eigenvalue weighted by Crippen LogP contribution is 2.27. The number of rotatable bonds is 3. The first kappa shape index (κ1) is 13.9. The summed E-state index contributed by atoms with van der Waals surface area (Å²) in [6, 6.07) is 7.38. The summed E-state index contributed by atoms with van der Waals surface area (Å²) in [6.45, 7) is 4.08. The zero-order chi connectivity index (χ0) is 15.5. The molecule has 0 saturated carbocycles. The highest BCUT2D eigenvalue weighted by Gasteiger charge is 2.15. The van der Waals surface area contributed by atoms with Gasteiger partial charge in [-0.1, -0.05) is 12.6 Å². The molecule has 0 atom stereocenters. The van der Waals surface area contributed by atoms with Crippen LogP contribution in [0.25, 0.3) is 16.5 Å². The van der Waals surface area contributed by atoms with Gasteiger partial charge in [0.1, 0.15) is 6.33 Å². The zero-order valence-electron chi connectivity index (χ0n) is 12.0. The van der Waals surface area contributed by atoms with Crippen molar-refractivity contribution in [3.05, 3.63) is 72.5 Å². The fourth-order valence-electron chi connectivity index (χ4n) is 2.25. The number of aromatic nitrogens is 3. The molecular weight excluding hydrogens is 278 g/mol. The van der Waals surface area contributed by atoms with Gasteiger partial charge in [0, 0.05) is 29.5 Å². The van der Waals surface area contributed by atoms with Crippen molar-refractivity contribution in [3.8, 4) is 0 Å². The number of nitrogens with zero attached hydrogens (tertiary/aromatic N) is 3. The summed E-state index contributed by atoms with van der Waals surface area (Å²) < 4.78 is 4.85. The molecule has 0 aliphatic carbocycles. The van der Waals surface area contributed by atoms with Crippen LogP contribution in [0.15, 0.2) is 55.8 Å². The monoisotopic (exact) mass is 291 g/mol. The van der Waals surface area contributed by atoms with Crippen LogP contribution in [-0.2, 0) is 4.74 Å². The van der Waals surface area contributed by atoms with Crippen LogP contribution in [0.4, 0.5) is 0 Å². The molecule has 0 spiro atoms. The summed E-state index contributed by atoms with van der Waals surface area (Å²) in [7, 11) is 1.35. The molecule has 0 radical (unpaired) electrons. The van der Waals surface area contributed by atoms with Gasteiger partial charge in [0.15, 0.2) is 0 Å². The number of carbonyl (C=O) groups excluding carboxylic acids is 1. The standard InChI is InChI=1S/C17H13N3O2/c1-11(14-8-18-10-19-9-14)13-6-12-4-3-5-20-16(12)15(7-13)17(21)22-2/h3-10H,1H2,2H3. The van der Waals surface area contributed by atoms with E-state index in [0.717, 1.165) is 22.1 Å². The van der Waals surface area contributed by atoms with Gasteiger partial charge >= 0.3 is 5.97 Å². The predicted molar refractivity (Wildman–Crippen MR) is 83.3 cm³/mol. The number of fused-ring (bicyclic) bond motifs is 1. The van der Waals surface area contributed by atoms with Gasteiger partial charge in [-0.2, -0.15) is 0 Å². The number of hydrogen-bond donors (Lipinski definition) is 0. The smallest absolute Gasteiger partial charge is 0.340 e. The Kier molecular flexibility index (Phi) is 3.62. The molecule has 22 heavy (non-hydrogen) atoms. The van der Waals surface area contributed by atoms with E-state index in [-0.39, 0.29) is 0 Å². The van der Waals surface area contributed by atoms with Crippen LogP contribution in [0.3, 0.4) is 0 Å². The fraction of sp³-hybridized carbons (Fsp3) is 0.0588. The lowest BCUT2D eigenvalue weighted by Crippen LogP contribution is -2.04. The Morgan fingerprint density at radius 2 is 1.95 bits per heavy atom. The highest BCUT2D eigenvalue weighted by atomic mass is 16.5. The average Bonchev–Trinajstić information content (AvgIpc) is 2.60. The van der Waals surface area contributed by atoms with Gasteiger partial charge in [0.2, 0.25) is 0 Å². The molecule has 0 saturated heterocycles. The first-order valence-corrected chi connectivity index (χ1v) is 6.62. The van der Waals surface area contributed by atoms with Crippen molar-refractivity contribution in [3.63, 3.8) is 0 Å². The normalized spacial score (nSPS) is 10.4. The Balaban J connectivity index is 2.19. The van der Waals surface area contributed by atoms with Crippen molar-refractivity contribution >= 4 is 22.4 Å². The summed E-state index contributed by atoms with van der Waals surface area (Å²) in [5.74, 6) is -0.428. The van der Waals surface area contributed by atoms with Gasteiger partial charge in [-0.05, 0) is 29.3 Å². The Bertz CT molecular complexity index is 860. The maximum atomic E-state index is 12.0. The molecule has 0 fully saturated rings. The van der Waals surface area contributed by atoms with E-state index in [4.69, 9.17) is 4.74 Å². The van der Waals surface area contributed by atoms with E-state index in [1.54, 1.807) is 24.7 Å². The SMILES string of the molecule is C=C(c1cncnc1)c1cc(C(=O)OC)c2ncccc2c1. The van der Waals surface area contributed by atoms with Gasteiger partial charge in [0.05, 0.1) is 18.2 Å². The Morgan fingerprint density at radius 1 is 1.18 bits per heavy atom. The second kappa shape index (κ2) is 5.73. The molecule has 5 heteroatoms. The molecule has 0 unspecified atom stereocenters. The number of esters is 1. The molecule has 0 amide bonds. The molecular formula is C17H13N3O2. The maximum Gasteiger partial charge on any atom is 0.340 e. The Morgan fingerprint density at radius 3 is 2.68 bits per heavy atom. The average molecular weight is 291 g/mol. The van der Waals surface area contributed by atoms with Gasteiger partial charge in [-0.25, -0.2) is 14.8 Å². The highest BCUT2D eigenvalue weighted by molar-refractivity contribution is 6.04. The van der Waals surface area contributed by atoms with E-state index in [2.05, 4.69) is 21.5 Å². The predicted octanol–water partition coefficient (Wildman–Crippen LogP) is 2.87. The first-order valence-electron chi connectivity index (χ1n) is 6.62. The lowest BCUT2D eigenvalue weighted by molar-refractivity contribution is 0.0602. The minimum absolute atomic E-state index is 0.411. The van der Waals surface area contributed by atoms with Gasteiger partial charge in [0.25, 0.3) is 0 Å². The van der Waals surface area contributed by atoms with Crippen molar-refractivity contribution < 1.29 is 9.53 Å². The van der Waals surface area contributed by atoms with Gasteiger partial charge in [-0.15, -0.1) is 0 Å². The summed E-state index contributed by atoms with van der Waals surface area (Å²) in [5, 5.41) is 0.846. The van der Waals surface area contributed by atoms with E-state index in [0.29, 0.717) is 11.1 Å². The van der Waals surface area contributed by atoms with E-state index >= 15 is 0 Å². The maximum absolute atomic E-state index is 12.0. The quantitative estimate of drug-likeness (QED) is 0.694. The minimum atomic E-state index is -0.428. The topological polar surface area (TPSA) is 65.0 Å². The minimum Gasteiger partial charge on any atom is -0.465 e. The van der Waals surface area contributed by atoms with E-state index in [9.17, 15) is 4.79 Å². The van der Waals surface area contributed by atoms with Crippen molar-refractivity contribution in [1.29, 1.82) is 0 Å². The van der Waals surface area contributed by atoms with Crippen molar-refractivity contribution in [2.24, 2.45) is 0 Å². The first-order chi connectivity index (χ1) is 10.7. The molecule has 0 N–H and O–H groups in total. The number of methoxy groups -OCH3 is 1. The third kappa shape index (κ3) is 2.44. The number of benzene rings is 1. The second-order valence-corrected chi connectivity index (χ2v) is 4.70. The molecule has 5 nitrogen and oxygen atoms in total. The summed E-state index contributed by atoms with van der Waals surface area (Å²) in [5.41, 5.74) is 3.34. The molecule has 108 valence electrons.